The third-order valence-electron chi connectivity index (χ3n) is 10.6. The van der Waals surface area contributed by atoms with Crippen LogP contribution in [0.2, 0.25) is 36.3 Å². The molecule has 1 aromatic rings. The first-order valence-corrected chi connectivity index (χ1v) is 23.0. The van der Waals surface area contributed by atoms with Gasteiger partial charge in [0.25, 0.3) is 0 Å². The Kier molecular flexibility index (Phi) is 15.1. The van der Waals surface area contributed by atoms with E-state index in [-0.39, 0.29) is 34.0 Å². The third kappa shape index (κ3) is 11.8. The van der Waals surface area contributed by atoms with E-state index in [2.05, 4.69) is 104 Å². The number of ether oxygens (including phenoxy) is 1. The van der Waals surface area contributed by atoms with Gasteiger partial charge in [0.05, 0.1) is 13.2 Å². The molecule has 0 radical (unpaired) electrons. The van der Waals surface area contributed by atoms with Crippen LogP contribution in [0.1, 0.15) is 116 Å². The molecule has 0 bridgehead atoms. The number of alkyl halides is 1. The fourth-order valence-electron chi connectivity index (χ4n) is 5.55. The minimum atomic E-state index is -2.07. The van der Waals surface area contributed by atoms with Crippen LogP contribution in [-0.4, -0.2) is 48.6 Å². The van der Waals surface area contributed by atoms with Crippen molar-refractivity contribution in [1.29, 1.82) is 0 Å². The number of rotatable bonds is 17. The molecule has 44 heavy (non-hydrogen) atoms. The first-order valence-electron chi connectivity index (χ1n) is 17.2. The summed E-state index contributed by atoms with van der Waals surface area (Å²) in [4.78, 5) is 11.4. The number of methoxy groups -OCH3 is 1. The van der Waals surface area contributed by atoms with Gasteiger partial charge < -0.3 is 13.6 Å². The van der Waals surface area contributed by atoms with Crippen molar-refractivity contribution in [3.8, 4) is 0 Å². The van der Waals surface area contributed by atoms with Crippen LogP contribution in [0.4, 0.5) is 4.39 Å². The molecule has 1 fully saturated rings. The van der Waals surface area contributed by atoms with Gasteiger partial charge in [-0.2, -0.15) is 0 Å². The molecule has 2 unspecified atom stereocenters. The summed E-state index contributed by atoms with van der Waals surface area (Å²) in [7, 11) is -2.29. The van der Waals surface area contributed by atoms with Crippen molar-refractivity contribution in [1.82, 2.24) is 0 Å². The molecule has 0 spiro atoms. The van der Waals surface area contributed by atoms with E-state index < -0.39 is 22.8 Å². The maximum atomic E-state index is 15.7. The molecule has 4 nitrogen and oxygen atoms in total. The smallest absolute Gasteiger partial charge is 0.305 e. The van der Waals surface area contributed by atoms with Crippen molar-refractivity contribution in [2.24, 2.45) is 5.92 Å². The number of hydrogen-bond acceptors (Lipinski definition) is 4. The molecule has 1 aliphatic carbocycles. The molecule has 252 valence electrons. The Morgan fingerprint density at radius 3 is 2.09 bits per heavy atom. The van der Waals surface area contributed by atoms with E-state index in [4.69, 9.17) is 13.6 Å². The Labute approximate surface area is 272 Å². The molecule has 0 aliphatic heterocycles. The molecule has 2 rings (SSSR count). The van der Waals surface area contributed by atoms with Crippen LogP contribution in [0.25, 0.3) is 0 Å². The molecule has 1 saturated carbocycles. The molecule has 0 N–H and O–H groups in total. The van der Waals surface area contributed by atoms with Gasteiger partial charge in [-0.3, -0.25) is 4.79 Å². The lowest BCUT2D eigenvalue weighted by atomic mass is 9.84. The highest BCUT2D eigenvalue weighted by atomic mass is 28.4. The van der Waals surface area contributed by atoms with Gasteiger partial charge in [0.2, 0.25) is 0 Å². The van der Waals surface area contributed by atoms with Gasteiger partial charge in [-0.1, -0.05) is 90.8 Å². The fraction of sp³-hybridized carbons (Fsp3) is 0.757. The van der Waals surface area contributed by atoms with Gasteiger partial charge in [-0.15, -0.1) is 0 Å². The van der Waals surface area contributed by atoms with Crippen LogP contribution in [0.15, 0.2) is 36.4 Å². The zero-order valence-electron chi connectivity index (χ0n) is 30.1. The van der Waals surface area contributed by atoms with E-state index in [0.29, 0.717) is 19.3 Å². The van der Waals surface area contributed by atoms with E-state index in [1.54, 1.807) is 0 Å². The second-order valence-corrected chi connectivity index (χ2v) is 25.6. The Bertz CT molecular complexity index is 1020. The van der Waals surface area contributed by atoms with Gasteiger partial charge in [0.1, 0.15) is 6.17 Å². The Hall–Kier alpha value is -1.29. The van der Waals surface area contributed by atoms with Crippen LogP contribution < -0.4 is 0 Å². The molecular weight excluding hydrogens is 584 g/mol. The van der Waals surface area contributed by atoms with Gasteiger partial charge in [0.15, 0.2) is 16.6 Å². The molecule has 4 atom stereocenters. The standard InChI is InChI=1S/C37H65FO4Si2/c1-36(2,3)43(8,9)41-27-19-15-14-16-20-29-23-25-30(26-24-29)35-31(21-17-12-13-18-22-34(39)40-7)32(38)28-33(35)42-44(10,11)37(4,5)6/h12,17,23-26,31-33,35H,13-16,18-22,27-28H2,1-11H3/b17-12-/t31?,32-,33-,35?/m1/s1. The molecule has 1 aliphatic rings. The summed E-state index contributed by atoms with van der Waals surface area (Å²) in [5, 5.41) is 0.338. The van der Waals surface area contributed by atoms with Crippen molar-refractivity contribution in [2.45, 2.75) is 160 Å². The Morgan fingerprint density at radius 1 is 0.886 bits per heavy atom. The largest absolute Gasteiger partial charge is 0.469 e. The summed E-state index contributed by atoms with van der Waals surface area (Å²) >= 11 is 0. The normalized spacial score (nSPS) is 21.7. The highest BCUT2D eigenvalue weighted by molar-refractivity contribution is 6.74. The zero-order chi connectivity index (χ0) is 33.2. The minimum absolute atomic E-state index is 0.0359. The van der Waals surface area contributed by atoms with Crippen LogP contribution in [-0.2, 0) is 24.8 Å². The van der Waals surface area contributed by atoms with Gasteiger partial charge >= 0.3 is 5.97 Å². The number of aryl methyl sites for hydroxylation is 1. The van der Waals surface area contributed by atoms with Crippen molar-refractivity contribution >= 4 is 22.6 Å². The Balaban J connectivity index is 2.01. The fourth-order valence-corrected chi connectivity index (χ4v) is 7.99. The maximum Gasteiger partial charge on any atom is 0.305 e. The summed E-state index contributed by atoms with van der Waals surface area (Å²) < 4.78 is 33.7. The zero-order valence-corrected chi connectivity index (χ0v) is 32.1. The molecule has 0 saturated heterocycles. The second kappa shape index (κ2) is 17.0. The predicted molar refractivity (Wildman–Crippen MR) is 189 cm³/mol. The Morgan fingerprint density at radius 2 is 1.50 bits per heavy atom. The number of carbonyl (C=O) groups excluding carboxylic acids is 1. The molecular formula is C37H65FO4Si2. The summed E-state index contributed by atoms with van der Waals surface area (Å²) in [5.74, 6) is -0.256. The number of halogens is 1. The summed E-state index contributed by atoms with van der Waals surface area (Å²) in [6.07, 6.45) is 12.1. The van der Waals surface area contributed by atoms with Gasteiger partial charge in [-0.25, -0.2) is 4.39 Å². The number of unbranched alkanes of at least 4 members (excludes halogenated alkanes) is 4. The van der Waals surface area contributed by atoms with Crippen molar-refractivity contribution in [3.63, 3.8) is 0 Å². The van der Waals surface area contributed by atoms with Crippen LogP contribution in [0, 0.1) is 5.92 Å². The number of allylic oxidation sites excluding steroid dienone is 2. The summed E-state index contributed by atoms with van der Waals surface area (Å²) in [6, 6.07) is 8.98. The number of carbonyl (C=O) groups is 1. The third-order valence-corrected chi connectivity index (χ3v) is 19.6. The SMILES string of the molecule is COC(=O)CCC/C=C\CC1C(c2ccc(CCCCCCO[Si](C)(C)C(C)(C)C)cc2)[C@H](O[Si](C)(C)C(C)(C)C)C[C@H]1F. The lowest BCUT2D eigenvalue weighted by Crippen LogP contribution is -2.44. The topological polar surface area (TPSA) is 44.8 Å². The van der Waals surface area contributed by atoms with Crippen molar-refractivity contribution in [2.75, 3.05) is 13.7 Å². The first kappa shape index (κ1) is 38.9. The van der Waals surface area contributed by atoms with Gasteiger partial charge in [0, 0.05) is 31.3 Å². The highest BCUT2D eigenvalue weighted by Crippen LogP contribution is 2.48. The van der Waals surface area contributed by atoms with Crippen molar-refractivity contribution in [3.05, 3.63) is 47.5 Å². The average molecular weight is 649 g/mol. The molecule has 0 heterocycles. The quantitative estimate of drug-likeness (QED) is 0.0730. The monoisotopic (exact) mass is 648 g/mol. The molecule has 7 heteroatoms. The minimum Gasteiger partial charge on any atom is -0.469 e. The number of benzene rings is 1. The number of esters is 1. The first-order chi connectivity index (χ1) is 20.4. The van der Waals surface area contributed by atoms with E-state index in [1.165, 1.54) is 37.5 Å². The van der Waals surface area contributed by atoms with Crippen molar-refractivity contribution < 1.29 is 22.8 Å². The lowest BCUT2D eigenvalue weighted by molar-refractivity contribution is -0.140. The van der Waals surface area contributed by atoms with Crippen LogP contribution >= 0.6 is 0 Å². The predicted octanol–water partition coefficient (Wildman–Crippen LogP) is 10.9. The molecule has 0 amide bonds. The molecule has 0 aromatic heterocycles. The van der Waals surface area contributed by atoms with Crippen LogP contribution in [0.5, 0.6) is 0 Å². The van der Waals surface area contributed by atoms with E-state index in [1.807, 2.05) is 0 Å². The summed E-state index contributed by atoms with van der Waals surface area (Å²) in [6.45, 7) is 23.7. The summed E-state index contributed by atoms with van der Waals surface area (Å²) in [5.41, 5.74) is 2.55. The lowest BCUT2D eigenvalue weighted by Gasteiger charge is -2.40. The van der Waals surface area contributed by atoms with E-state index >= 15 is 4.39 Å². The molecule has 1 aromatic carbocycles. The van der Waals surface area contributed by atoms with E-state index in [9.17, 15) is 4.79 Å². The average Bonchev–Trinajstić information content (AvgIpc) is 3.22. The maximum absolute atomic E-state index is 15.7. The highest BCUT2D eigenvalue weighted by Gasteiger charge is 2.48. The number of hydrogen-bond donors (Lipinski definition) is 0. The van der Waals surface area contributed by atoms with Crippen LogP contribution in [0.3, 0.4) is 0 Å². The van der Waals surface area contributed by atoms with Gasteiger partial charge in [-0.05, 0) is 85.9 Å². The second-order valence-electron chi connectivity index (χ2n) is 16.0. The van der Waals surface area contributed by atoms with E-state index in [0.717, 1.165) is 32.3 Å².